The van der Waals surface area contributed by atoms with Crippen molar-refractivity contribution >= 4 is 16.6 Å². The number of rotatable bonds is 0. The summed E-state index contributed by atoms with van der Waals surface area (Å²) in [7, 11) is 0. The zero-order chi connectivity index (χ0) is 8.55. The Balaban J connectivity index is 2.95. The predicted octanol–water partition coefficient (Wildman–Crippen LogP) is 0.918. The topological polar surface area (TPSA) is 72.0 Å². The van der Waals surface area contributed by atoms with Gasteiger partial charge in [-0.15, -0.1) is 5.10 Å². The monoisotopic (exact) mass is 161 g/mol. The summed E-state index contributed by atoms with van der Waals surface area (Å²) in [5.74, 6) is 0.104. The van der Waals surface area contributed by atoms with E-state index in [0.717, 1.165) is 5.39 Å². The van der Waals surface area contributed by atoms with Crippen molar-refractivity contribution in [1.29, 1.82) is 0 Å². The molecule has 0 radical (unpaired) electrons. The van der Waals surface area contributed by atoms with Gasteiger partial charge in [0.05, 0.1) is 6.20 Å². The average Bonchev–Trinajstić information content (AvgIpc) is 2.12. The molecule has 0 saturated heterocycles. The fourth-order valence-corrected chi connectivity index (χ4v) is 1.09. The number of anilines is 1. The van der Waals surface area contributed by atoms with Crippen molar-refractivity contribution in [2.75, 3.05) is 5.73 Å². The lowest BCUT2D eigenvalue weighted by Crippen LogP contribution is -1.89. The van der Waals surface area contributed by atoms with E-state index in [0.29, 0.717) is 11.2 Å². The molecule has 3 N–H and O–H groups in total. The normalized spacial score (nSPS) is 10.3. The van der Waals surface area contributed by atoms with Crippen LogP contribution < -0.4 is 5.73 Å². The van der Waals surface area contributed by atoms with Crippen molar-refractivity contribution in [3.05, 3.63) is 24.4 Å². The highest BCUT2D eigenvalue weighted by molar-refractivity contribution is 5.93. The van der Waals surface area contributed by atoms with Crippen LogP contribution in [0.25, 0.3) is 10.9 Å². The molecule has 0 aliphatic carbocycles. The molecular weight excluding hydrogens is 154 g/mol. The summed E-state index contributed by atoms with van der Waals surface area (Å²) in [6.07, 6.45) is 1.54. The predicted molar refractivity (Wildman–Crippen MR) is 45.6 cm³/mol. The second-order valence-electron chi connectivity index (χ2n) is 2.47. The van der Waals surface area contributed by atoms with Gasteiger partial charge in [0.1, 0.15) is 11.3 Å². The van der Waals surface area contributed by atoms with Crippen LogP contribution in [-0.4, -0.2) is 15.3 Å². The average molecular weight is 161 g/mol. The summed E-state index contributed by atoms with van der Waals surface area (Å²) in [6.45, 7) is 0. The Morgan fingerprint density at radius 2 is 2.08 bits per heavy atom. The molecule has 0 fully saturated rings. The Bertz CT molecular complexity index is 387. The van der Waals surface area contributed by atoms with Crippen LogP contribution in [0.1, 0.15) is 0 Å². The van der Waals surface area contributed by atoms with Gasteiger partial charge in [-0.1, -0.05) is 0 Å². The van der Waals surface area contributed by atoms with E-state index < -0.39 is 0 Å². The summed E-state index contributed by atoms with van der Waals surface area (Å²) in [5.41, 5.74) is 6.68. The molecule has 0 saturated carbocycles. The van der Waals surface area contributed by atoms with Crippen LogP contribution in [0.4, 0.5) is 5.69 Å². The third-order valence-electron chi connectivity index (χ3n) is 1.70. The number of benzene rings is 1. The Morgan fingerprint density at radius 3 is 2.83 bits per heavy atom. The lowest BCUT2D eigenvalue weighted by molar-refractivity contribution is 0.480. The fraction of sp³-hybridized carbons (Fsp3) is 0. The van der Waals surface area contributed by atoms with E-state index >= 15 is 0 Å². The number of phenols is 1. The van der Waals surface area contributed by atoms with Gasteiger partial charge in [-0.05, 0) is 18.2 Å². The number of nitrogen functional groups attached to an aromatic ring is 1. The van der Waals surface area contributed by atoms with Gasteiger partial charge in [0, 0.05) is 11.1 Å². The zero-order valence-corrected chi connectivity index (χ0v) is 6.23. The first-order valence-electron chi connectivity index (χ1n) is 3.48. The SMILES string of the molecule is Nc1ccc(O)c2nnccc12. The molecule has 0 amide bonds. The smallest absolute Gasteiger partial charge is 0.143 e. The second-order valence-corrected chi connectivity index (χ2v) is 2.47. The lowest BCUT2D eigenvalue weighted by Gasteiger charge is -2.00. The van der Waals surface area contributed by atoms with E-state index in [9.17, 15) is 5.11 Å². The third kappa shape index (κ3) is 0.852. The number of hydrogen-bond donors (Lipinski definition) is 2. The van der Waals surface area contributed by atoms with Crippen molar-refractivity contribution in [3.8, 4) is 5.75 Å². The molecule has 0 aliphatic heterocycles. The summed E-state index contributed by atoms with van der Waals surface area (Å²) in [5, 5.41) is 17.5. The van der Waals surface area contributed by atoms with Gasteiger partial charge in [-0.3, -0.25) is 0 Å². The molecule has 0 bridgehead atoms. The molecule has 1 aromatic carbocycles. The Hall–Kier alpha value is -1.84. The summed E-state index contributed by atoms with van der Waals surface area (Å²) >= 11 is 0. The molecule has 0 aliphatic rings. The van der Waals surface area contributed by atoms with Crippen LogP contribution in [-0.2, 0) is 0 Å². The van der Waals surface area contributed by atoms with Gasteiger partial charge in [-0.2, -0.15) is 5.10 Å². The number of nitrogens with two attached hydrogens (primary N) is 1. The minimum absolute atomic E-state index is 0.104. The number of fused-ring (bicyclic) bond motifs is 1. The van der Waals surface area contributed by atoms with Crippen molar-refractivity contribution in [2.24, 2.45) is 0 Å². The van der Waals surface area contributed by atoms with Gasteiger partial charge < -0.3 is 10.8 Å². The molecule has 4 nitrogen and oxygen atoms in total. The minimum atomic E-state index is 0.104. The van der Waals surface area contributed by atoms with E-state index in [2.05, 4.69) is 10.2 Å². The van der Waals surface area contributed by atoms with Crippen LogP contribution in [0.5, 0.6) is 5.75 Å². The van der Waals surface area contributed by atoms with E-state index in [1.54, 1.807) is 12.1 Å². The van der Waals surface area contributed by atoms with Crippen LogP contribution in [0.2, 0.25) is 0 Å². The summed E-state index contributed by atoms with van der Waals surface area (Å²) in [4.78, 5) is 0. The van der Waals surface area contributed by atoms with Gasteiger partial charge in [0.25, 0.3) is 0 Å². The van der Waals surface area contributed by atoms with Gasteiger partial charge in [0.15, 0.2) is 0 Å². The second kappa shape index (κ2) is 2.34. The maximum absolute atomic E-state index is 9.34. The Kier molecular flexibility index (Phi) is 1.33. The maximum atomic E-state index is 9.34. The highest BCUT2D eigenvalue weighted by Crippen LogP contribution is 2.25. The number of aromatic nitrogens is 2. The van der Waals surface area contributed by atoms with Gasteiger partial charge in [0.2, 0.25) is 0 Å². The van der Waals surface area contributed by atoms with Crippen molar-refractivity contribution < 1.29 is 5.11 Å². The third-order valence-corrected chi connectivity index (χ3v) is 1.70. The van der Waals surface area contributed by atoms with E-state index in [-0.39, 0.29) is 5.75 Å². The summed E-state index contributed by atoms with van der Waals surface area (Å²) in [6, 6.07) is 4.86. The molecule has 0 spiro atoms. The first-order valence-corrected chi connectivity index (χ1v) is 3.48. The maximum Gasteiger partial charge on any atom is 0.143 e. The van der Waals surface area contributed by atoms with Crippen molar-refractivity contribution in [2.45, 2.75) is 0 Å². The van der Waals surface area contributed by atoms with Crippen LogP contribution in [0, 0.1) is 0 Å². The van der Waals surface area contributed by atoms with Gasteiger partial charge >= 0.3 is 0 Å². The molecule has 1 heterocycles. The number of aromatic hydroxyl groups is 1. The quantitative estimate of drug-likeness (QED) is 0.445. The molecule has 60 valence electrons. The van der Waals surface area contributed by atoms with Gasteiger partial charge in [-0.25, -0.2) is 0 Å². The molecule has 2 aromatic rings. The van der Waals surface area contributed by atoms with E-state index in [1.165, 1.54) is 12.3 Å². The molecule has 12 heavy (non-hydrogen) atoms. The zero-order valence-electron chi connectivity index (χ0n) is 6.23. The van der Waals surface area contributed by atoms with E-state index in [1.807, 2.05) is 0 Å². The first kappa shape index (κ1) is 6.84. The Morgan fingerprint density at radius 1 is 1.25 bits per heavy atom. The molecule has 1 aromatic heterocycles. The number of nitrogens with zero attached hydrogens (tertiary/aromatic N) is 2. The molecular formula is C8H7N3O. The highest BCUT2D eigenvalue weighted by atomic mass is 16.3. The molecule has 4 heteroatoms. The number of phenolic OH excluding ortho intramolecular Hbond substituents is 1. The highest BCUT2D eigenvalue weighted by Gasteiger charge is 2.02. The first-order chi connectivity index (χ1) is 5.79. The Labute approximate surface area is 68.7 Å². The number of hydrogen-bond acceptors (Lipinski definition) is 4. The minimum Gasteiger partial charge on any atom is -0.506 e. The van der Waals surface area contributed by atoms with E-state index in [4.69, 9.17) is 5.73 Å². The standard InChI is InChI=1S/C8H7N3O/c9-6-1-2-7(12)8-5(6)3-4-10-11-8/h1-4,12H,9H2. The lowest BCUT2D eigenvalue weighted by atomic mass is 10.2. The fourth-order valence-electron chi connectivity index (χ4n) is 1.09. The van der Waals surface area contributed by atoms with Crippen LogP contribution >= 0.6 is 0 Å². The molecule has 0 unspecified atom stereocenters. The van der Waals surface area contributed by atoms with Crippen LogP contribution in [0.3, 0.4) is 0 Å². The largest absolute Gasteiger partial charge is 0.506 e. The van der Waals surface area contributed by atoms with Crippen molar-refractivity contribution in [1.82, 2.24) is 10.2 Å². The molecule has 0 atom stereocenters. The molecule has 2 rings (SSSR count). The van der Waals surface area contributed by atoms with Crippen LogP contribution in [0.15, 0.2) is 24.4 Å². The summed E-state index contributed by atoms with van der Waals surface area (Å²) < 4.78 is 0. The van der Waals surface area contributed by atoms with Crippen molar-refractivity contribution in [3.63, 3.8) is 0 Å².